The Morgan fingerprint density at radius 1 is 1.40 bits per heavy atom. The number of hydrogen-bond donors (Lipinski definition) is 1. The minimum absolute atomic E-state index is 0. The summed E-state index contributed by atoms with van der Waals surface area (Å²) >= 11 is 3.26. The Labute approximate surface area is 79.1 Å². The van der Waals surface area contributed by atoms with Crippen molar-refractivity contribution in [1.82, 2.24) is 0 Å². The number of rotatable bonds is 2. The molecule has 0 atom stereocenters. The van der Waals surface area contributed by atoms with E-state index in [1.54, 1.807) is 0 Å². The van der Waals surface area contributed by atoms with Crippen molar-refractivity contribution in [2.75, 3.05) is 25.1 Å². The average molecular weight is 277 g/mol. The van der Waals surface area contributed by atoms with Gasteiger partial charge in [0.15, 0.2) is 5.79 Å². The van der Waals surface area contributed by atoms with Crippen LogP contribution in [0.3, 0.4) is 0 Å². The molecular formula is C5H11Br2NO2. The first kappa shape index (κ1) is 10.8. The van der Waals surface area contributed by atoms with Gasteiger partial charge in [-0.15, -0.1) is 17.0 Å². The number of halogens is 2. The molecule has 10 heavy (non-hydrogen) atoms. The summed E-state index contributed by atoms with van der Waals surface area (Å²) in [5.74, 6) is -0.528. The van der Waals surface area contributed by atoms with Crippen molar-refractivity contribution < 1.29 is 9.47 Å². The number of alkyl halides is 1. The Morgan fingerprint density at radius 3 is 2.10 bits per heavy atom. The summed E-state index contributed by atoms with van der Waals surface area (Å²) in [6, 6.07) is 0. The third-order valence-electron chi connectivity index (χ3n) is 1.33. The molecule has 1 saturated heterocycles. The van der Waals surface area contributed by atoms with Crippen molar-refractivity contribution >= 4 is 32.9 Å². The number of nitrogens with two attached hydrogens (primary N) is 1. The van der Waals surface area contributed by atoms with Gasteiger partial charge in [0.05, 0.1) is 18.5 Å². The maximum atomic E-state index is 5.40. The van der Waals surface area contributed by atoms with Gasteiger partial charge in [0.25, 0.3) is 0 Å². The van der Waals surface area contributed by atoms with Crippen LogP contribution in [-0.2, 0) is 9.47 Å². The fraction of sp³-hybridized carbons (Fsp3) is 1.00. The minimum atomic E-state index is -0.528. The molecule has 0 saturated carbocycles. The van der Waals surface area contributed by atoms with Crippen LogP contribution < -0.4 is 5.73 Å². The standard InChI is InChI=1S/C5H10BrNO2.BrH/c6-3-5(4-7)8-1-2-9-5;/h1-4,7H2;1H. The lowest BCUT2D eigenvalue weighted by molar-refractivity contribution is -0.127. The van der Waals surface area contributed by atoms with Gasteiger partial charge in [-0.2, -0.15) is 0 Å². The Bertz CT molecular complexity index is 89.6. The van der Waals surface area contributed by atoms with E-state index in [0.29, 0.717) is 25.1 Å². The second kappa shape index (κ2) is 4.66. The van der Waals surface area contributed by atoms with Gasteiger partial charge in [0, 0.05) is 6.54 Å². The molecule has 1 aliphatic rings. The summed E-state index contributed by atoms with van der Waals surface area (Å²) in [7, 11) is 0. The van der Waals surface area contributed by atoms with E-state index in [-0.39, 0.29) is 17.0 Å². The quantitative estimate of drug-likeness (QED) is 0.754. The van der Waals surface area contributed by atoms with Crippen LogP contribution in [0.4, 0.5) is 0 Å². The van der Waals surface area contributed by atoms with Crippen molar-refractivity contribution in [2.24, 2.45) is 5.73 Å². The second-order valence-electron chi connectivity index (χ2n) is 1.95. The van der Waals surface area contributed by atoms with E-state index in [1.807, 2.05) is 0 Å². The largest absolute Gasteiger partial charge is 0.345 e. The van der Waals surface area contributed by atoms with Crippen LogP contribution in [0.25, 0.3) is 0 Å². The van der Waals surface area contributed by atoms with Gasteiger partial charge >= 0.3 is 0 Å². The van der Waals surface area contributed by atoms with Crippen LogP contribution >= 0.6 is 32.9 Å². The molecule has 0 spiro atoms. The lowest BCUT2D eigenvalue weighted by Gasteiger charge is -2.22. The predicted molar refractivity (Wildman–Crippen MR) is 47.8 cm³/mol. The molecule has 2 N–H and O–H groups in total. The summed E-state index contributed by atoms with van der Waals surface area (Å²) in [5, 5.41) is 0.649. The molecule has 0 aromatic rings. The lowest BCUT2D eigenvalue weighted by Crippen LogP contribution is -2.40. The van der Waals surface area contributed by atoms with E-state index < -0.39 is 5.79 Å². The van der Waals surface area contributed by atoms with Gasteiger partial charge in [-0.1, -0.05) is 15.9 Å². The average Bonchev–Trinajstić information content (AvgIpc) is 2.36. The molecule has 1 fully saturated rings. The molecule has 62 valence electrons. The Hall–Kier alpha value is 0.840. The number of hydrogen-bond acceptors (Lipinski definition) is 3. The number of ether oxygens (including phenoxy) is 2. The SMILES string of the molecule is Br.NCC1(CBr)OCCO1. The van der Waals surface area contributed by atoms with Crippen LogP contribution in [0.15, 0.2) is 0 Å². The van der Waals surface area contributed by atoms with Crippen molar-refractivity contribution in [3.8, 4) is 0 Å². The van der Waals surface area contributed by atoms with E-state index in [2.05, 4.69) is 15.9 Å². The van der Waals surface area contributed by atoms with Gasteiger partial charge in [-0.3, -0.25) is 0 Å². The van der Waals surface area contributed by atoms with Crippen molar-refractivity contribution in [1.29, 1.82) is 0 Å². The maximum Gasteiger partial charge on any atom is 0.190 e. The van der Waals surface area contributed by atoms with Gasteiger partial charge in [-0.05, 0) is 0 Å². The van der Waals surface area contributed by atoms with Crippen LogP contribution in [0.1, 0.15) is 0 Å². The molecular weight excluding hydrogens is 266 g/mol. The molecule has 1 aliphatic heterocycles. The topological polar surface area (TPSA) is 44.5 Å². The van der Waals surface area contributed by atoms with E-state index >= 15 is 0 Å². The van der Waals surface area contributed by atoms with Crippen LogP contribution in [0, 0.1) is 0 Å². The highest BCUT2D eigenvalue weighted by atomic mass is 79.9. The first-order valence-corrected chi connectivity index (χ1v) is 3.99. The predicted octanol–water partition coefficient (Wildman–Crippen LogP) is 0.661. The molecule has 0 unspecified atom stereocenters. The zero-order valence-corrected chi connectivity index (χ0v) is 8.81. The zero-order chi connectivity index (χ0) is 6.74. The molecule has 0 aromatic carbocycles. The van der Waals surface area contributed by atoms with E-state index in [0.717, 1.165) is 0 Å². The summed E-state index contributed by atoms with van der Waals surface area (Å²) < 4.78 is 10.5. The summed E-state index contributed by atoms with van der Waals surface area (Å²) in [4.78, 5) is 0. The highest BCUT2D eigenvalue weighted by Crippen LogP contribution is 2.19. The molecule has 3 nitrogen and oxygen atoms in total. The molecule has 0 amide bonds. The summed E-state index contributed by atoms with van der Waals surface area (Å²) in [5.41, 5.74) is 5.40. The van der Waals surface area contributed by atoms with Crippen molar-refractivity contribution in [3.63, 3.8) is 0 Å². The fourth-order valence-corrected chi connectivity index (χ4v) is 1.30. The summed E-state index contributed by atoms with van der Waals surface area (Å²) in [6.45, 7) is 1.73. The third-order valence-corrected chi connectivity index (χ3v) is 2.18. The van der Waals surface area contributed by atoms with Gasteiger partial charge in [-0.25, -0.2) is 0 Å². The normalized spacial score (nSPS) is 22.2. The fourth-order valence-electron chi connectivity index (χ4n) is 0.747. The van der Waals surface area contributed by atoms with Crippen LogP contribution in [-0.4, -0.2) is 30.9 Å². The molecule has 1 heterocycles. The van der Waals surface area contributed by atoms with Gasteiger partial charge < -0.3 is 15.2 Å². The molecule has 0 bridgehead atoms. The highest BCUT2D eigenvalue weighted by Gasteiger charge is 2.33. The third kappa shape index (κ3) is 2.17. The molecule has 1 rings (SSSR count). The first-order valence-electron chi connectivity index (χ1n) is 2.87. The zero-order valence-electron chi connectivity index (χ0n) is 5.51. The second-order valence-corrected chi connectivity index (χ2v) is 2.51. The van der Waals surface area contributed by atoms with Gasteiger partial charge in [0.1, 0.15) is 0 Å². The van der Waals surface area contributed by atoms with Crippen molar-refractivity contribution in [3.05, 3.63) is 0 Å². The van der Waals surface area contributed by atoms with E-state index in [1.165, 1.54) is 0 Å². The molecule has 0 aromatic heterocycles. The van der Waals surface area contributed by atoms with Crippen LogP contribution in [0.2, 0.25) is 0 Å². The van der Waals surface area contributed by atoms with E-state index in [4.69, 9.17) is 15.2 Å². The highest BCUT2D eigenvalue weighted by molar-refractivity contribution is 9.09. The lowest BCUT2D eigenvalue weighted by atomic mass is 10.3. The first-order chi connectivity index (χ1) is 4.33. The maximum absolute atomic E-state index is 5.40. The Balaban J connectivity index is 0.000000810. The molecule has 0 radical (unpaired) electrons. The summed E-state index contributed by atoms with van der Waals surface area (Å²) in [6.07, 6.45) is 0. The Morgan fingerprint density at radius 2 is 1.90 bits per heavy atom. The van der Waals surface area contributed by atoms with E-state index in [9.17, 15) is 0 Å². The van der Waals surface area contributed by atoms with Crippen LogP contribution in [0.5, 0.6) is 0 Å². The monoisotopic (exact) mass is 275 g/mol. The van der Waals surface area contributed by atoms with Gasteiger partial charge in [0.2, 0.25) is 0 Å². The minimum Gasteiger partial charge on any atom is -0.345 e. The molecule has 0 aliphatic carbocycles. The van der Waals surface area contributed by atoms with Crippen molar-refractivity contribution in [2.45, 2.75) is 5.79 Å². The smallest absolute Gasteiger partial charge is 0.190 e. The molecule has 5 heteroatoms. The Kier molecular flexibility index (Phi) is 5.06.